The third-order valence-corrected chi connectivity index (χ3v) is 4.03. The molecule has 0 saturated heterocycles. The van der Waals surface area contributed by atoms with Gasteiger partial charge in [-0.1, -0.05) is 30.3 Å². The minimum atomic E-state index is -0.999. The molecule has 3 rings (SSSR count). The maximum absolute atomic E-state index is 11.5. The molecule has 5 nitrogen and oxygen atoms in total. The molecular weight excluding hydrogens is 318 g/mol. The van der Waals surface area contributed by atoms with Gasteiger partial charge in [0.2, 0.25) is 0 Å². The number of carbonyl (C=O) groups is 1. The number of furan rings is 1. The second-order valence-corrected chi connectivity index (χ2v) is 6.28. The zero-order chi connectivity index (χ0) is 18.0. The van der Waals surface area contributed by atoms with Crippen molar-refractivity contribution in [2.24, 2.45) is 0 Å². The van der Waals surface area contributed by atoms with Crippen LogP contribution in [-0.4, -0.2) is 36.6 Å². The van der Waals surface area contributed by atoms with Gasteiger partial charge < -0.3 is 19.2 Å². The molecule has 0 amide bonds. The van der Waals surface area contributed by atoms with Crippen molar-refractivity contribution in [3.05, 3.63) is 65.4 Å². The summed E-state index contributed by atoms with van der Waals surface area (Å²) in [5.74, 6) is 0.0142. The molecule has 1 N–H and O–H groups in total. The summed E-state index contributed by atoms with van der Waals surface area (Å²) in [7, 11) is 3.98. The van der Waals surface area contributed by atoms with Crippen molar-refractivity contribution >= 4 is 16.9 Å². The van der Waals surface area contributed by atoms with Gasteiger partial charge >= 0.3 is 5.97 Å². The molecule has 1 atom stereocenters. The van der Waals surface area contributed by atoms with Gasteiger partial charge in [0.05, 0.1) is 0 Å². The zero-order valence-electron chi connectivity index (χ0n) is 14.5. The summed E-state index contributed by atoms with van der Waals surface area (Å²) < 4.78 is 11.7. The fourth-order valence-electron chi connectivity index (χ4n) is 2.91. The van der Waals surface area contributed by atoms with Crippen LogP contribution in [0.5, 0.6) is 5.75 Å². The smallest absolute Gasteiger partial charge is 0.339 e. The van der Waals surface area contributed by atoms with Crippen LogP contribution >= 0.6 is 0 Å². The molecule has 2 aromatic carbocycles. The average molecular weight is 339 g/mol. The molecule has 5 heteroatoms. The van der Waals surface area contributed by atoms with Gasteiger partial charge in [0.15, 0.2) is 0 Å². The lowest BCUT2D eigenvalue weighted by molar-refractivity contribution is 0.0697. The highest BCUT2D eigenvalue weighted by Crippen LogP contribution is 2.31. The maximum Gasteiger partial charge on any atom is 0.339 e. The highest BCUT2D eigenvalue weighted by Gasteiger charge is 2.19. The van der Waals surface area contributed by atoms with Crippen molar-refractivity contribution in [1.29, 1.82) is 0 Å². The number of ether oxygens (including phenoxy) is 1. The van der Waals surface area contributed by atoms with E-state index in [9.17, 15) is 9.90 Å². The Morgan fingerprint density at radius 1 is 1.20 bits per heavy atom. The van der Waals surface area contributed by atoms with Crippen molar-refractivity contribution in [2.75, 3.05) is 20.6 Å². The Balaban J connectivity index is 1.97. The molecule has 0 aliphatic carbocycles. The van der Waals surface area contributed by atoms with E-state index in [-0.39, 0.29) is 11.7 Å². The Hall–Kier alpha value is -2.79. The zero-order valence-corrected chi connectivity index (χ0v) is 14.5. The summed E-state index contributed by atoms with van der Waals surface area (Å²) in [6.07, 6.45) is -0.157. The summed E-state index contributed by atoms with van der Waals surface area (Å²) in [5.41, 5.74) is 1.80. The molecule has 0 fully saturated rings. The van der Waals surface area contributed by atoms with Crippen LogP contribution in [0.25, 0.3) is 11.0 Å². The number of likely N-dealkylation sites (N-methyl/N-ethyl adjacent to an activating group) is 1. The van der Waals surface area contributed by atoms with Gasteiger partial charge in [-0.3, -0.25) is 0 Å². The van der Waals surface area contributed by atoms with Crippen molar-refractivity contribution in [1.82, 2.24) is 4.90 Å². The third kappa shape index (κ3) is 3.67. The predicted molar refractivity (Wildman–Crippen MR) is 96.3 cm³/mol. The first-order valence-corrected chi connectivity index (χ1v) is 8.08. The van der Waals surface area contributed by atoms with Crippen molar-refractivity contribution < 1.29 is 19.1 Å². The quantitative estimate of drug-likeness (QED) is 0.732. The normalized spacial score (nSPS) is 12.5. The predicted octanol–water partition coefficient (Wildman–Crippen LogP) is 4.12. The molecule has 3 aromatic rings. The Kier molecular flexibility index (Phi) is 4.76. The number of carboxylic acid groups (broad SMARTS) is 1. The van der Waals surface area contributed by atoms with Gasteiger partial charge in [0.1, 0.15) is 28.8 Å². The number of fused-ring (bicyclic) bond motifs is 1. The van der Waals surface area contributed by atoms with Crippen LogP contribution in [0.4, 0.5) is 0 Å². The van der Waals surface area contributed by atoms with Crippen LogP contribution in [0.2, 0.25) is 0 Å². The molecule has 0 radical (unpaired) electrons. The molecule has 1 aromatic heterocycles. The highest BCUT2D eigenvalue weighted by atomic mass is 16.5. The molecule has 0 bridgehead atoms. The van der Waals surface area contributed by atoms with Crippen LogP contribution in [0, 0.1) is 6.92 Å². The van der Waals surface area contributed by atoms with Gasteiger partial charge in [0, 0.05) is 11.9 Å². The van der Waals surface area contributed by atoms with E-state index in [4.69, 9.17) is 9.15 Å². The first-order valence-electron chi connectivity index (χ1n) is 8.08. The van der Waals surface area contributed by atoms with E-state index in [2.05, 4.69) is 4.90 Å². The van der Waals surface area contributed by atoms with Crippen LogP contribution in [0.3, 0.4) is 0 Å². The second kappa shape index (κ2) is 6.99. The molecule has 130 valence electrons. The van der Waals surface area contributed by atoms with Crippen molar-refractivity contribution in [3.8, 4) is 5.75 Å². The number of carboxylic acids is 1. The van der Waals surface area contributed by atoms with Crippen LogP contribution in [0.15, 0.2) is 52.9 Å². The first-order chi connectivity index (χ1) is 12.0. The number of rotatable bonds is 6. The minimum Gasteiger partial charge on any atom is -0.484 e. The average Bonchev–Trinajstić information content (AvgIpc) is 2.90. The van der Waals surface area contributed by atoms with Crippen molar-refractivity contribution in [2.45, 2.75) is 13.0 Å². The number of benzene rings is 2. The van der Waals surface area contributed by atoms with Gasteiger partial charge in [-0.2, -0.15) is 0 Å². The molecule has 1 heterocycles. The SMILES string of the molecule is Cc1oc2ccc(OC(CN(C)C)c3ccccc3)cc2c1C(=O)O. The number of hydrogen-bond donors (Lipinski definition) is 1. The lowest BCUT2D eigenvalue weighted by Gasteiger charge is -2.23. The van der Waals surface area contributed by atoms with E-state index in [1.807, 2.05) is 50.5 Å². The summed E-state index contributed by atoms with van der Waals surface area (Å²) in [5, 5.41) is 9.97. The summed E-state index contributed by atoms with van der Waals surface area (Å²) in [4.78, 5) is 13.5. The topological polar surface area (TPSA) is 62.9 Å². The summed E-state index contributed by atoms with van der Waals surface area (Å²) in [6.45, 7) is 2.36. The molecule has 25 heavy (non-hydrogen) atoms. The Labute approximate surface area is 146 Å². The number of hydrogen-bond acceptors (Lipinski definition) is 4. The van der Waals surface area contributed by atoms with E-state index in [0.29, 0.717) is 29.0 Å². The van der Waals surface area contributed by atoms with Gasteiger partial charge in [-0.05, 0) is 44.8 Å². The number of nitrogens with zero attached hydrogens (tertiary/aromatic N) is 1. The lowest BCUT2D eigenvalue weighted by Crippen LogP contribution is -2.24. The number of aryl methyl sites for hydroxylation is 1. The largest absolute Gasteiger partial charge is 0.484 e. The molecule has 0 saturated carbocycles. The maximum atomic E-state index is 11.5. The standard InChI is InChI=1S/C20H21NO4/c1-13-19(20(22)23)16-11-15(9-10-17(16)24-13)25-18(12-21(2)3)14-7-5-4-6-8-14/h4-11,18H,12H2,1-3H3,(H,22,23). The van der Waals surface area contributed by atoms with E-state index in [1.165, 1.54) is 0 Å². The Morgan fingerprint density at radius 3 is 2.56 bits per heavy atom. The molecule has 1 unspecified atom stereocenters. The minimum absolute atomic E-state index is 0.157. The number of aromatic carboxylic acids is 1. The molecule has 0 aliphatic heterocycles. The van der Waals surface area contributed by atoms with E-state index in [0.717, 1.165) is 5.56 Å². The Bertz CT molecular complexity index is 883. The van der Waals surface area contributed by atoms with Crippen LogP contribution in [-0.2, 0) is 0 Å². The summed E-state index contributed by atoms with van der Waals surface area (Å²) in [6, 6.07) is 15.3. The first kappa shape index (κ1) is 17.0. The lowest BCUT2D eigenvalue weighted by atomic mass is 10.1. The second-order valence-electron chi connectivity index (χ2n) is 6.28. The van der Waals surface area contributed by atoms with Gasteiger partial charge in [-0.15, -0.1) is 0 Å². The van der Waals surface area contributed by atoms with E-state index in [1.54, 1.807) is 19.1 Å². The third-order valence-electron chi connectivity index (χ3n) is 4.03. The molecular formula is C20H21NO4. The van der Waals surface area contributed by atoms with E-state index < -0.39 is 5.97 Å². The van der Waals surface area contributed by atoms with Gasteiger partial charge in [0.25, 0.3) is 0 Å². The van der Waals surface area contributed by atoms with E-state index >= 15 is 0 Å². The van der Waals surface area contributed by atoms with Crippen LogP contribution < -0.4 is 4.74 Å². The van der Waals surface area contributed by atoms with Gasteiger partial charge in [-0.25, -0.2) is 4.79 Å². The fourth-order valence-corrected chi connectivity index (χ4v) is 2.91. The Morgan fingerprint density at radius 2 is 1.92 bits per heavy atom. The van der Waals surface area contributed by atoms with Crippen molar-refractivity contribution in [3.63, 3.8) is 0 Å². The molecule has 0 spiro atoms. The summed E-state index contributed by atoms with van der Waals surface area (Å²) >= 11 is 0. The van der Waals surface area contributed by atoms with Crippen LogP contribution in [0.1, 0.15) is 27.8 Å². The molecule has 0 aliphatic rings. The monoisotopic (exact) mass is 339 g/mol. The highest BCUT2D eigenvalue weighted by molar-refractivity contribution is 6.03. The fraction of sp³-hybridized carbons (Fsp3) is 0.250.